The van der Waals surface area contributed by atoms with Crippen LogP contribution in [0.1, 0.15) is 45.6 Å². The van der Waals surface area contributed by atoms with E-state index in [-0.39, 0.29) is 22.1 Å². The van der Waals surface area contributed by atoms with Crippen LogP contribution in [0.2, 0.25) is 0 Å². The van der Waals surface area contributed by atoms with Crippen LogP contribution in [0.5, 0.6) is 0 Å². The van der Waals surface area contributed by atoms with E-state index in [1.54, 1.807) is 17.0 Å². The second-order valence-electron chi connectivity index (χ2n) is 7.91. The lowest BCUT2D eigenvalue weighted by molar-refractivity contribution is -0.384. The first-order valence-corrected chi connectivity index (χ1v) is 8.71. The van der Waals surface area contributed by atoms with Crippen LogP contribution >= 0.6 is 0 Å². The fourth-order valence-electron chi connectivity index (χ4n) is 3.79. The molecule has 0 atom stereocenters. The number of hydrogen-bond donors (Lipinski definition) is 1. The van der Waals surface area contributed by atoms with Crippen molar-refractivity contribution >= 4 is 17.5 Å². The number of benzene rings is 1. The standard InChI is InChI=1S/C18H25N3O4/c1-17(2,3)25-16(22)20-10-7-18(8-11-20)6-9-19-15-12-13(21(23)24)4-5-14(15)18/h4-5,12,19H,6-11H2,1-3H3. The van der Waals surface area contributed by atoms with Gasteiger partial charge in [-0.05, 0) is 51.7 Å². The third-order valence-electron chi connectivity index (χ3n) is 5.08. The van der Waals surface area contributed by atoms with Crippen molar-refractivity contribution in [2.75, 3.05) is 25.0 Å². The first-order valence-electron chi connectivity index (χ1n) is 8.71. The third-order valence-corrected chi connectivity index (χ3v) is 5.08. The molecule has 1 aromatic carbocycles. The predicted octanol–water partition coefficient (Wildman–Crippen LogP) is 3.68. The maximum atomic E-state index is 12.3. The Morgan fingerprint density at radius 1 is 1.28 bits per heavy atom. The first kappa shape index (κ1) is 17.5. The predicted molar refractivity (Wildman–Crippen MR) is 94.9 cm³/mol. The van der Waals surface area contributed by atoms with Crippen LogP contribution in [-0.2, 0) is 10.2 Å². The summed E-state index contributed by atoms with van der Waals surface area (Å²) in [5.41, 5.74) is 1.58. The molecule has 0 unspecified atom stereocenters. The number of fused-ring (bicyclic) bond motifs is 2. The van der Waals surface area contributed by atoms with Gasteiger partial charge in [0.1, 0.15) is 5.60 Å². The average Bonchev–Trinajstić information content (AvgIpc) is 2.54. The van der Waals surface area contributed by atoms with E-state index in [1.165, 1.54) is 0 Å². The SMILES string of the molecule is CC(C)(C)OC(=O)N1CCC2(CCNc3cc([N+](=O)[O-])ccc32)CC1. The van der Waals surface area contributed by atoms with Gasteiger partial charge in [0.25, 0.3) is 5.69 Å². The summed E-state index contributed by atoms with van der Waals surface area (Å²) in [7, 11) is 0. The molecular weight excluding hydrogens is 322 g/mol. The molecular formula is C18H25N3O4. The number of carbonyl (C=O) groups is 1. The highest BCUT2D eigenvalue weighted by atomic mass is 16.6. The molecule has 3 rings (SSSR count). The molecule has 0 radical (unpaired) electrons. The van der Waals surface area contributed by atoms with Gasteiger partial charge in [0.15, 0.2) is 0 Å². The molecule has 136 valence electrons. The highest BCUT2D eigenvalue weighted by Gasteiger charge is 2.41. The van der Waals surface area contributed by atoms with Crippen molar-refractivity contribution in [2.24, 2.45) is 0 Å². The molecule has 0 aromatic heterocycles. The average molecular weight is 347 g/mol. The summed E-state index contributed by atoms with van der Waals surface area (Å²) in [5.74, 6) is 0. The summed E-state index contributed by atoms with van der Waals surface area (Å²) >= 11 is 0. The molecule has 1 saturated heterocycles. The molecule has 2 aliphatic heterocycles. The Morgan fingerprint density at radius 3 is 2.56 bits per heavy atom. The molecule has 1 N–H and O–H groups in total. The molecule has 1 fully saturated rings. The van der Waals surface area contributed by atoms with Crippen LogP contribution in [0, 0.1) is 10.1 Å². The molecule has 7 nitrogen and oxygen atoms in total. The van der Waals surface area contributed by atoms with Crippen LogP contribution in [-0.4, -0.2) is 41.2 Å². The van der Waals surface area contributed by atoms with Crippen LogP contribution < -0.4 is 5.32 Å². The highest BCUT2D eigenvalue weighted by molar-refractivity contribution is 5.68. The number of nitrogens with zero attached hydrogens (tertiary/aromatic N) is 2. The Bertz CT molecular complexity index is 688. The maximum absolute atomic E-state index is 12.3. The van der Waals surface area contributed by atoms with Gasteiger partial charge in [-0.2, -0.15) is 0 Å². The van der Waals surface area contributed by atoms with Gasteiger partial charge in [-0.25, -0.2) is 4.79 Å². The Kier molecular flexibility index (Phi) is 4.34. The van der Waals surface area contributed by atoms with E-state index in [0.29, 0.717) is 13.1 Å². The van der Waals surface area contributed by atoms with E-state index in [2.05, 4.69) is 5.32 Å². The molecule has 25 heavy (non-hydrogen) atoms. The van der Waals surface area contributed by atoms with Crippen molar-refractivity contribution < 1.29 is 14.5 Å². The van der Waals surface area contributed by atoms with Gasteiger partial charge in [-0.3, -0.25) is 10.1 Å². The fraction of sp³-hybridized carbons (Fsp3) is 0.611. The summed E-state index contributed by atoms with van der Waals surface area (Å²) in [6.07, 6.45) is 2.40. The zero-order valence-electron chi connectivity index (χ0n) is 15.0. The number of anilines is 1. The molecule has 0 saturated carbocycles. The van der Waals surface area contributed by atoms with Crippen LogP contribution in [0.15, 0.2) is 18.2 Å². The number of non-ortho nitro benzene ring substituents is 1. The lowest BCUT2D eigenvalue weighted by Gasteiger charge is -2.45. The second kappa shape index (κ2) is 6.20. The number of rotatable bonds is 1. The number of likely N-dealkylation sites (tertiary alicyclic amines) is 1. The van der Waals surface area contributed by atoms with E-state index >= 15 is 0 Å². The van der Waals surface area contributed by atoms with E-state index in [0.717, 1.165) is 37.1 Å². The molecule has 1 amide bonds. The normalized spacial score (nSPS) is 19.1. The van der Waals surface area contributed by atoms with Crippen molar-refractivity contribution in [3.05, 3.63) is 33.9 Å². The van der Waals surface area contributed by atoms with Gasteiger partial charge in [-0.15, -0.1) is 0 Å². The van der Waals surface area contributed by atoms with E-state index in [9.17, 15) is 14.9 Å². The Hall–Kier alpha value is -2.31. The molecule has 0 aliphatic carbocycles. The number of carbonyl (C=O) groups excluding carboxylic acids is 1. The lowest BCUT2D eigenvalue weighted by Crippen LogP contribution is -2.48. The zero-order chi connectivity index (χ0) is 18.2. The van der Waals surface area contributed by atoms with E-state index in [1.807, 2.05) is 26.8 Å². The second-order valence-corrected chi connectivity index (χ2v) is 7.91. The number of nitrogens with one attached hydrogen (secondary N) is 1. The lowest BCUT2D eigenvalue weighted by atomic mass is 9.68. The topological polar surface area (TPSA) is 84.7 Å². The van der Waals surface area contributed by atoms with Gasteiger partial charge >= 0.3 is 6.09 Å². The van der Waals surface area contributed by atoms with Gasteiger partial charge in [0.05, 0.1) is 4.92 Å². The Morgan fingerprint density at radius 2 is 1.96 bits per heavy atom. The first-order chi connectivity index (χ1) is 11.7. The van der Waals surface area contributed by atoms with Gasteiger partial charge in [0, 0.05) is 42.9 Å². The van der Waals surface area contributed by atoms with Crippen molar-refractivity contribution in [3.63, 3.8) is 0 Å². The summed E-state index contributed by atoms with van der Waals surface area (Å²) in [6.45, 7) is 7.68. The summed E-state index contributed by atoms with van der Waals surface area (Å²) in [4.78, 5) is 24.7. The van der Waals surface area contributed by atoms with Crippen molar-refractivity contribution in [1.29, 1.82) is 0 Å². The van der Waals surface area contributed by atoms with Gasteiger partial charge < -0.3 is 15.0 Å². The molecule has 2 heterocycles. The molecule has 0 bridgehead atoms. The zero-order valence-corrected chi connectivity index (χ0v) is 15.0. The van der Waals surface area contributed by atoms with Gasteiger partial charge in [0.2, 0.25) is 0 Å². The Labute approximate surface area is 147 Å². The van der Waals surface area contributed by atoms with Gasteiger partial charge in [-0.1, -0.05) is 0 Å². The summed E-state index contributed by atoms with van der Waals surface area (Å²) in [6, 6.07) is 5.08. The smallest absolute Gasteiger partial charge is 0.410 e. The Balaban J connectivity index is 1.76. The highest BCUT2D eigenvalue weighted by Crippen LogP contribution is 2.45. The van der Waals surface area contributed by atoms with E-state index in [4.69, 9.17) is 4.74 Å². The fourth-order valence-corrected chi connectivity index (χ4v) is 3.79. The minimum atomic E-state index is -0.494. The summed E-state index contributed by atoms with van der Waals surface area (Å²) < 4.78 is 5.46. The molecule has 1 spiro atoms. The number of nitro benzene ring substituents is 1. The van der Waals surface area contributed by atoms with Crippen molar-refractivity contribution in [2.45, 2.75) is 51.0 Å². The van der Waals surface area contributed by atoms with Crippen molar-refractivity contribution in [3.8, 4) is 0 Å². The maximum Gasteiger partial charge on any atom is 0.410 e. The number of ether oxygens (including phenoxy) is 1. The largest absolute Gasteiger partial charge is 0.444 e. The number of amides is 1. The molecule has 2 aliphatic rings. The van der Waals surface area contributed by atoms with Crippen molar-refractivity contribution in [1.82, 2.24) is 4.90 Å². The van der Waals surface area contributed by atoms with E-state index < -0.39 is 5.60 Å². The molecule has 7 heteroatoms. The summed E-state index contributed by atoms with van der Waals surface area (Å²) in [5, 5.41) is 14.3. The number of nitro groups is 1. The third kappa shape index (κ3) is 3.55. The molecule has 1 aromatic rings. The minimum Gasteiger partial charge on any atom is -0.444 e. The minimum absolute atomic E-state index is 0.0196. The number of piperidine rings is 1. The van der Waals surface area contributed by atoms with Crippen LogP contribution in [0.3, 0.4) is 0 Å². The quantitative estimate of drug-likeness (QED) is 0.619. The van der Waals surface area contributed by atoms with Crippen LogP contribution in [0.4, 0.5) is 16.2 Å². The monoisotopic (exact) mass is 347 g/mol. The number of hydrogen-bond acceptors (Lipinski definition) is 5. The van der Waals surface area contributed by atoms with Crippen LogP contribution in [0.25, 0.3) is 0 Å².